The minimum Gasteiger partial charge on any atom is -0.397 e. The van der Waals surface area contributed by atoms with E-state index in [1.807, 2.05) is 0 Å². The lowest BCUT2D eigenvalue weighted by atomic mass is 9.84. The van der Waals surface area contributed by atoms with Gasteiger partial charge in [-0.05, 0) is 37.0 Å². The van der Waals surface area contributed by atoms with Gasteiger partial charge in [-0.25, -0.2) is 8.42 Å². The molecule has 0 bridgehead atoms. The molecular weight excluding hydrogens is 272 g/mol. The van der Waals surface area contributed by atoms with Gasteiger partial charge in [-0.2, -0.15) is 0 Å². The molecule has 1 aliphatic carbocycles. The summed E-state index contributed by atoms with van der Waals surface area (Å²) in [6, 6.07) is 5.38. The quantitative estimate of drug-likeness (QED) is 0.838. The van der Waals surface area contributed by atoms with E-state index < -0.39 is 9.84 Å². The molecule has 4 nitrogen and oxygen atoms in total. The Hall–Kier alpha value is -1.23. The second-order valence-electron chi connectivity index (χ2n) is 5.80. The monoisotopic (exact) mass is 296 g/mol. The molecule has 2 atom stereocenters. The van der Waals surface area contributed by atoms with Crippen LogP contribution in [0.4, 0.5) is 11.4 Å². The van der Waals surface area contributed by atoms with Crippen LogP contribution in [0.15, 0.2) is 23.1 Å². The molecule has 5 heteroatoms. The Kier molecular flexibility index (Phi) is 4.58. The van der Waals surface area contributed by atoms with Crippen molar-refractivity contribution >= 4 is 21.2 Å². The van der Waals surface area contributed by atoms with Crippen molar-refractivity contribution in [2.24, 2.45) is 5.92 Å². The number of nitrogens with one attached hydrogen (secondary N) is 1. The normalized spacial score (nSPS) is 23.5. The minimum atomic E-state index is -3.20. The lowest BCUT2D eigenvalue weighted by molar-refractivity contribution is 0.327. The van der Waals surface area contributed by atoms with Crippen molar-refractivity contribution in [3.05, 3.63) is 18.2 Å². The fraction of sp³-hybridized carbons (Fsp3) is 0.600. The van der Waals surface area contributed by atoms with Gasteiger partial charge >= 0.3 is 0 Å². The average molecular weight is 296 g/mol. The zero-order valence-electron chi connectivity index (χ0n) is 12.2. The summed E-state index contributed by atoms with van der Waals surface area (Å²) in [7, 11) is -3.20. The Morgan fingerprint density at radius 2 is 2.10 bits per heavy atom. The van der Waals surface area contributed by atoms with Crippen molar-refractivity contribution in [3.8, 4) is 0 Å². The molecule has 0 heterocycles. The van der Waals surface area contributed by atoms with Gasteiger partial charge in [0.1, 0.15) is 0 Å². The first-order valence-electron chi connectivity index (χ1n) is 7.26. The number of hydrogen-bond donors (Lipinski definition) is 2. The van der Waals surface area contributed by atoms with Gasteiger partial charge in [0.05, 0.1) is 16.3 Å². The highest BCUT2D eigenvalue weighted by Crippen LogP contribution is 2.30. The molecule has 1 saturated carbocycles. The smallest absolute Gasteiger partial charge is 0.175 e. The Labute approximate surface area is 121 Å². The summed E-state index contributed by atoms with van der Waals surface area (Å²) in [4.78, 5) is 0.274. The zero-order chi connectivity index (χ0) is 14.8. The molecule has 0 radical (unpaired) electrons. The maximum absolute atomic E-state index is 11.5. The molecule has 1 aliphatic rings. The van der Waals surface area contributed by atoms with E-state index in [0.29, 0.717) is 11.7 Å². The fourth-order valence-electron chi connectivity index (χ4n) is 2.92. The molecule has 20 heavy (non-hydrogen) atoms. The van der Waals surface area contributed by atoms with E-state index in [2.05, 4.69) is 12.2 Å². The summed E-state index contributed by atoms with van der Waals surface area (Å²) in [6.45, 7) is 2.24. The van der Waals surface area contributed by atoms with Crippen LogP contribution in [0.25, 0.3) is 0 Å². The third-order valence-corrected chi connectivity index (χ3v) is 5.28. The maximum Gasteiger partial charge on any atom is 0.175 e. The standard InChI is InChI=1S/C15H24N2O2S/c1-3-11-5-4-6-12(9-11)17-15-8-7-13(10-14(15)16)20(2,18)19/h7-8,10-12,17H,3-6,9,16H2,1-2H3. The topological polar surface area (TPSA) is 72.2 Å². The molecule has 1 fully saturated rings. The van der Waals surface area contributed by atoms with Gasteiger partial charge in [-0.3, -0.25) is 0 Å². The molecule has 1 aromatic carbocycles. The first kappa shape index (κ1) is 15.2. The van der Waals surface area contributed by atoms with Crippen LogP contribution in [0.5, 0.6) is 0 Å². The van der Waals surface area contributed by atoms with E-state index in [-0.39, 0.29) is 4.90 Å². The third kappa shape index (κ3) is 3.66. The van der Waals surface area contributed by atoms with Gasteiger partial charge in [0.2, 0.25) is 0 Å². The molecule has 2 rings (SSSR count). The van der Waals surface area contributed by atoms with Crippen molar-refractivity contribution in [1.82, 2.24) is 0 Å². The Bertz CT molecular complexity index is 569. The van der Waals surface area contributed by atoms with Crippen LogP contribution >= 0.6 is 0 Å². The van der Waals surface area contributed by atoms with E-state index in [0.717, 1.165) is 18.0 Å². The Morgan fingerprint density at radius 1 is 1.35 bits per heavy atom. The molecule has 0 amide bonds. The van der Waals surface area contributed by atoms with E-state index in [9.17, 15) is 8.42 Å². The van der Waals surface area contributed by atoms with Crippen molar-refractivity contribution in [3.63, 3.8) is 0 Å². The summed E-state index contributed by atoms with van der Waals surface area (Å²) in [5, 5.41) is 3.47. The van der Waals surface area contributed by atoms with Crippen LogP contribution in [0, 0.1) is 5.92 Å². The number of sulfone groups is 1. The third-order valence-electron chi connectivity index (χ3n) is 4.17. The number of hydrogen-bond acceptors (Lipinski definition) is 4. The van der Waals surface area contributed by atoms with Crippen molar-refractivity contribution in [1.29, 1.82) is 0 Å². The Morgan fingerprint density at radius 3 is 2.70 bits per heavy atom. The summed E-state index contributed by atoms with van der Waals surface area (Å²) in [6.07, 6.45) is 7.31. The summed E-state index contributed by atoms with van der Waals surface area (Å²) in [5.74, 6) is 0.790. The first-order valence-corrected chi connectivity index (χ1v) is 9.15. The molecule has 0 saturated heterocycles. The molecule has 3 N–H and O–H groups in total. The second-order valence-corrected chi connectivity index (χ2v) is 7.82. The molecule has 1 aromatic rings. The number of rotatable bonds is 4. The van der Waals surface area contributed by atoms with Crippen LogP contribution in [-0.2, 0) is 9.84 Å². The summed E-state index contributed by atoms with van der Waals surface area (Å²) >= 11 is 0. The molecular formula is C15H24N2O2S. The summed E-state index contributed by atoms with van der Waals surface area (Å²) in [5.41, 5.74) is 7.33. The predicted octanol–water partition coefficient (Wildman–Crippen LogP) is 3.05. The Balaban J connectivity index is 2.10. The fourth-order valence-corrected chi connectivity index (χ4v) is 3.57. The number of anilines is 2. The first-order chi connectivity index (χ1) is 9.40. The van der Waals surface area contributed by atoms with Crippen LogP contribution in [0.3, 0.4) is 0 Å². The molecule has 0 aromatic heterocycles. The average Bonchev–Trinajstić information content (AvgIpc) is 2.40. The van der Waals surface area contributed by atoms with Gasteiger partial charge in [0.25, 0.3) is 0 Å². The lowest BCUT2D eigenvalue weighted by Crippen LogP contribution is -2.27. The van der Waals surface area contributed by atoms with Gasteiger partial charge < -0.3 is 11.1 Å². The van der Waals surface area contributed by atoms with Gasteiger partial charge in [0, 0.05) is 12.3 Å². The van der Waals surface area contributed by atoms with Gasteiger partial charge in [-0.1, -0.05) is 26.2 Å². The van der Waals surface area contributed by atoms with Crippen LogP contribution < -0.4 is 11.1 Å². The van der Waals surface area contributed by atoms with Gasteiger partial charge in [0.15, 0.2) is 9.84 Å². The largest absolute Gasteiger partial charge is 0.397 e. The number of nitrogen functional groups attached to an aromatic ring is 1. The van der Waals surface area contributed by atoms with Crippen molar-refractivity contribution in [2.75, 3.05) is 17.3 Å². The lowest BCUT2D eigenvalue weighted by Gasteiger charge is -2.30. The molecule has 2 unspecified atom stereocenters. The minimum absolute atomic E-state index is 0.274. The zero-order valence-corrected chi connectivity index (χ0v) is 13.0. The van der Waals surface area contributed by atoms with Crippen LogP contribution in [0.2, 0.25) is 0 Å². The number of nitrogens with two attached hydrogens (primary N) is 1. The molecule has 0 spiro atoms. The maximum atomic E-state index is 11.5. The van der Waals surface area contributed by atoms with E-state index in [1.54, 1.807) is 12.1 Å². The summed E-state index contributed by atoms with van der Waals surface area (Å²) < 4.78 is 23.0. The second kappa shape index (κ2) is 6.04. The van der Waals surface area contributed by atoms with E-state index >= 15 is 0 Å². The predicted molar refractivity (Wildman–Crippen MR) is 83.6 cm³/mol. The van der Waals surface area contributed by atoms with E-state index in [4.69, 9.17) is 5.73 Å². The van der Waals surface area contributed by atoms with Crippen LogP contribution in [0.1, 0.15) is 39.0 Å². The van der Waals surface area contributed by atoms with Crippen molar-refractivity contribution < 1.29 is 8.42 Å². The number of benzene rings is 1. The molecule has 0 aliphatic heterocycles. The SMILES string of the molecule is CCC1CCCC(Nc2ccc(S(C)(=O)=O)cc2N)C1. The molecule has 112 valence electrons. The highest BCUT2D eigenvalue weighted by Gasteiger charge is 2.21. The van der Waals surface area contributed by atoms with Crippen LogP contribution in [-0.4, -0.2) is 20.7 Å². The van der Waals surface area contributed by atoms with Gasteiger partial charge in [-0.15, -0.1) is 0 Å². The van der Waals surface area contributed by atoms with E-state index in [1.165, 1.54) is 38.0 Å². The highest BCUT2D eigenvalue weighted by atomic mass is 32.2. The highest BCUT2D eigenvalue weighted by molar-refractivity contribution is 7.90. The van der Waals surface area contributed by atoms with Crippen molar-refractivity contribution in [2.45, 2.75) is 50.0 Å².